The standard InChI is InChI=1S/C21H24N4O3S2/c1-13-6-8-17(9-7-13)20-23-24-21(29-20)22-19(26)16(4)25(30(5,27)28)18-11-14(2)10-15(3)12-18/h6-12,16H,1-5H3,(H,22,24,26)/t16-/m0/s1. The summed E-state index contributed by atoms with van der Waals surface area (Å²) in [5, 5.41) is 11.8. The molecule has 3 rings (SSSR count). The molecule has 0 radical (unpaired) electrons. The predicted octanol–water partition coefficient (Wildman–Crippen LogP) is 3.92. The van der Waals surface area contributed by atoms with Crippen molar-refractivity contribution >= 4 is 38.1 Å². The monoisotopic (exact) mass is 444 g/mol. The van der Waals surface area contributed by atoms with Gasteiger partial charge in [0.05, 0.1) is 11.9 Å². The summed E-state index contributed by atoms with van der Waals surface area (Å²) in [6.45, 7) is 7.32. The minimum absolute atomic E-state index is 0.316. The maximum Gasteiger partial charge on any atom is 0.249 e. The fraction of sp³-hybridized carbons (Fsp3) is 0.286. The molecule has 3 aromatic rings. The van der Waals surface area contributed by atoms with Crippen molar-refractivity contribution in [2.45, 2.75) is 33.7 Å². The van der Waals surface area contributed by atoms with Crippen molar-refractivity contribution in [2.75, 3.05) is 15.9 Å². The molecular weight excluding hydrogens is 420 g/mol. The van der Waals surface area contributed by atoms with Crippen LogP contribution in [0.15, 0.2) is 42.5 Å². The highest BCUT2D eigenvalue weighted by atomic mass is 32.2. The summed E-state index contributed by atoms with van der Waals surface area (Å²) in [7, 11) is -3.69. The van der Waals surface area contributed by atoms with E-state index in [1.165, 1.54) is 11.3 Å². The molecule has 0 fully saturated rings. The minimum Gasteiger partial charge on any atom is -0.299 e. The predicted molar refractivity (Wildman–Crippen MR) is 121 cm³/mol. The van der Waals surface area contributed by atoms with Gasteiger partial charge < -0.3 is 0 Å². The Kier molecular flexibility index (Phi) is 6.23. The van der Waals surface area contributed by atoms with Crippen LogP contribution in [0.1, 0.15) is 23.6 Å². The molecule has 9 heteroatoms. The van der Waals surface area contributed by atoms with E-state index in [1.54, 1.807) is 19.1 Å². The van der Waals surface area contributed by atoms with E-state index >= 15 is 0 Å². The molecule has 0 saturated heterocycles. The molecule has 0 aliphatic carbocycles. The van der Waals surface area contributed by atoms with Crippen molar-refractivity contribution in [2.24, 2.45) is 0 Å². The van der Waals surface area contributed by atoms with Crippen molar-refractivity contribution < 1.29 is 13.2 Å². The Morgan fingerprint density at radius 1 is 1.00 bits per heavy atom. The molecule has 1 N–H and O–H groups in total. The molecule has 158 valence electrons. The van der Waals surface area contributed by atoms with Crippen LogP contribution in [0.25, 0.3) is 10.6 Å². The fourth-order valence-electron chi connectivity index (χ4n) is 3.18. The second-order valence-electron chi connectivity index (χ2n) is 7.35. The quantitative estimate of drug-likeness (QED) is 0.622. The topological polar surface area (TPSA) is 92.3 Å². The Balaban J connectivity index is 1.83. The summed E-state index contributed by atoms with van der Waals surface area (Å²) in [6.07, 6.45) is 1.09. The third kappa shape index (κ3) is 5.03. The molecule has 0 aliphatic heterocycles. The van der Waals surface area contributed by atoms with Gasteiger partial charge in [-0.25, -0.2) is 8.42 Å². The molecule has 0 saturated carbocycles. The molecule has 1 amide bonds. The zero-order valence-corrected chi connectivity index (χ0v) is 19.1. The lowest BCUT2D eigenvalue weighted by Crippen LogP contribution is -2.45. The van der Waals surface area contributed by atoms with Gasteiger partial charge in [-0.05, 0) is 51.0 Å². The second-order valence-corrected chi connectivity index (χ2v) is 10.2. The third-order valence-corrected chi connectivity index (χ3v) is 6.63. The number of benzene rings is 2. The van der Waals surface area contributed by atoms with Crippen molar-refractivity contribution in [3.63, 3.8) is 0 Å². The summed E-state index contributed by atoms with van der Waals surface area (Å²) < 4.78 is 26.1. The number of carbonyl (C=O) groups is 1. The van der Waals surface area contributed by atoms with Gasteiger partial charge in [0.15, 0.2) is 0 Å². The van der Waals surface area contributed by atoms with Crippen LogP contribution >= 0.6 is 11.3 Å². The van der Waals surface area contributed by atoms with Crippen LogP contribution in [0.5, 0.6) is 0 Å². The second kappa shape index (κ2) is 8.53. The van der Waals surface area contributed by atoms with Crippen LogP contribution in [0.3, 0.4) is 0 Å². The number of hydrogen-bond donors (Lipinski definition) is 1. The maximum atomic E-state index is 12.9. The van der Waals surface area contributed by atoms with Crippen LogP contribution in [0.2, 0.25) is 0 Å². The maximum absolute atomic E-state index is 12.9. The van der Waals surface area contributed by atoms with E-state index in [1.807, 2.05) is 51.1 Å². The van der Waals surface area contributed by atoms with Crippen molar-refractivity contribution in [1.29, 1.82) is 0 Å². The van der Waals surface area contributed by atoms with Crippen LogP contribution in [0, 0.1) is 20.8 Å². The van der Waals surface area contributed by atoms with Gasteiger partial charge in [-0.1, -0.05) is 47.2 Å². The third-order valence-electron chi connectivity index (χ3n) is 4.50. The number of sulfonamides is 1. The van der Waals surface area contributed by atoms with Gasteiger partial charge in [0.1, 0.15) is 11.0 Å². The fourth-order valence-corrected chi connectivity index (χ4v) is 5.09. The highest BCUT2D eigenvalue weighted by molar-refractivity contribution is 7.92. The summed E-state index contributed by atoms with van der Waals surface area (Å²) in [6, 6.07) is 12.3. The Morgan fingerprint density at radius 3 is 2.17 bits per heavy atom. The Labute approximate surface area is 180 Å². The number of nitrogens with zero attached hydrogens (tertiary/aromatic N) is 3. The number of amides is 1. The van der Waals surface area contributed by atoms with Gasteiger partial charge >= 0.3 is 0 Å². The first-order chi connectivity index (χ1) is 14.0. The molecular formula is C21H24N4O3S2. The number of aromatic nitrogens is 2. The number of hydrogen-bond acceptors (Lipinski definition) is 6. The molecule has 1 atom stereocenters. The Bertz CT molecular complexity index is 1150. The first kappa shape index (κ1) is 21.9. The van der Waals surface area contributed by atoms with Gasteiger partial charge in [0.2, 0.25) is 21.1 Å². The van der Waals surface area contributed by atoms with E-state index in [4.69, 9.17) is 0 Å². The molecule has 1 aromatic heterocycles. The summed E-state index contributed by atoms with van der Waals surface area (Å²) in [4.78, 5) is 12.9. The zero-order chi connectivity index (χ0) is 22.1. The largest absolute Gasteiger partial charge is 0.299 e. The average molecular weight is 445 g/mol. The summed E-state index contributed by atoms with van der Waals surface area (Å²) in [5.41, 5.74) is 4.32. The molecule has 30 heavy (non-hydrogen) atoms. The van der Waals surface area contributed by atoms with Gasteiger partial charge in [0.25, 0.3) is 0 Å². The summed E-state index contributed by atoms with van der Waals surface area (Å²) >= 11 is 1.24. The van der Waals surface area contributed by atoms with E-state index in [-0.39, 0.29) is 0 Å². The summed E-state index contributed by atoms with van der Waals surface area (Å²) in [5.74, 6) is -0.480. The highest BCUT2D eigenvalue weighted by Crippen LogP contribution is 2.28. The Morgan fingerprint density at radius 2 is 1.60 bits per heavy atom. The molecule has 0 bridgehead atoms. The number of carbonyl (C=O) groups excluding carboxylic acids is 1. The lowest BCUT2D eigenvalue weighted by atomic mass is 10.1. The van der Waals surface area contributed by atoms with Gasteiger partial charge in [-0.2, -0.15) is 0 Å². The van der Waals surface area contributed by atoms with Crippen molar-refractivity contribution in [3.8, 4) is 10.6 Å². The molecule has 0 aliphatic rings. The molecule has 2 aromatic carbocycles. The highest BCUT2D eigenvalue weighted by Gasteiger charge is 2.30. The van der Waals surface area contributed by atoms with Gasteiger partial charge in [-0.15, -0.1) is 10.2 Å². The minimum atomic E-state index is -3.69. The van der Waals surface area contributed by atoms with Crippen LogP contribution in [-0.4, -0.2) is 36.8 Å². The first-order valence-corrected chi connectivity index (χ1v) is 12.0. The SMILES string of the molecule is Cc1ccc(-c2nnc(NC(=O)[C@H](C)N(c3cc(C)cc(C)c3)S(C)(=O)=O)s2)cc1. The van der Waals surface area contributed by atoms with Crippen LogP contribution in [0.4, 0.5) is 10.8 Å². The molecule has 1 heterocycles. The van der Waals surface area contributed by atoms with E-state index < -0.39 is 22.0 Å². The van der Waals surface area contributed by atoms with Crippen LogP contribution < -0.4 is 9.62 Å². The zero-order valence-electron chi connectivity index (χ0n) is 17.5. The van der Waals surface area contributed by atoms with E-state index in [2.05, 4.69) is 15.5 Å². The number of nitrogens with one attached hydrogen (secondary N) is 1. The van der Waals surface area contributed by atoms with Gasteiger partial charge in [-0.3, -0.25) is 14.4 Å². The average Bonchev–Trinajstić information content (AvgIpc) is 3.08. The van der Waals surface area contributed by atoms with E-state index in [0.717, 1.165) is 32.8 Å². The normalized spacial score (nSPS) is 12.4. The number of anilines is 2. The lowest BCUT2D eigenvalue weighted by Gasteiger charge is -2.28. The van der Waals surface area contributed by atoms with Crippen LogP contribution in [-0.2, 0) is 14.8 Å². The van der Waals surface area contributed by atoms with Crippen molar-refractivity contribution in [1.82, 2.24) is 10.2 Å². The molecule has 0 spiro atoms. The molecule has 7 nitrogen and oxygen atoms in total. The smallest absolute Gasteiger partial charge is 0.249 e. The van der Waals surface area contributed by atoms with E-state index in [0.29, 0.717) is 15.8 Å². The molecule has 0 unspecified atom stereocenters. The Hall–Kier alpha value is -2.78. The van der Waals surface area contributed by atoms with E-state index in [9.17, 15) is 13.2 Å². The number of rotatable bonds is 6. The lowest BCUT2D eigenvalue weighted by molar-refractivity contribution is -0.116. The first-order valence-electron chi connectivity index (χ1n) is 9.33. The van der Waals surface area contributed by atoms with Gasteiger partial charge in [0, 0.05) is 5.56 Å². The van der Waals surface area contributed by atoms with Crippen molar-refractivity contribution in [3.05, 3.63) is 59.2 Å². The number of aryl methyl sites for hydroxylation is 3.